The molecule has 3 aromatic rings. The Labute approximate surface area is 219 Å². The van der Waals surface area contributed by atoms with Crippen molar-refractivity contribution in [2.45, 2.75) is 59.0 Å². The van der Waals surface area contributed by atoms with Crippen LogP contribution >= 0.6 is 0 Å². The van der Waals surface area contributed by atoms with Crippen molar-refractivity contribution in [1.82, 2.24) is 0 Å². The number of fused-ring (bicyclic) bond motifs is 1. The third-order valence-electron chi connectivity index (χ3n) is 5.75. The van der Waals surface area contributed by atoms with Gasteiger partial charge in [0.1, 0.15) is 39.6 Å². The summed E-state index contributed by atoms with van der Waals surface area (Å²) in [5.41, 5.74) is -0.543. The number of allylic oxidation sites excluding steroid dienone is 2. The highest BCUT2D eigenvalue weighted by Crippen LogP contribution is 2.40. The lowest BCUT2D eigenvalue weighted by Gasteiger charge is -2.24. The molecule has 1 atom stereocenters. The number of benzene rings is 2. The highest BCUT2D eigenvalue weighted by molar-refractivity contribution is 5.93. The van der Waals surface area contributed by atoms with Crippen LogP contribution in [0.5, 0.6) is 17.2 Å². The van der Waals surface area contributed by atoms with Crippen LogP contribution in [0.15, 0.2) is 51.2 Å². The molecule has 0 aliphatic carbocycles. The average Bonchev–Trinajstić information content (AvgIpc) is 2.80. The number of methoxy groups -OCH3 is 1. The number of carboxylic acid groups (broad SMARTS) is 1. The zero-order chi connectivity index (χ0) is 28.4. The molecule has 0 bridgehead atoms. The molecule has 9 heteroatoms. The zero-order valence-electron chi connectivity index (χ0n) is 22.2. The first-order chi connectivity index (χ1) is 17.7. The van der Waals surface area contributed by atoms with E-state index < -0.39 is 41.1 Å². The third kappa shape index (κ3) is 6.16. The van der Waals surface area contributed by atoms with Gasteiger partial charge < -0.3 is 29.2 Å². The van der Waals surface area contributed by atoms with Crippen molar-refractivity contribution in [2.24, 2.45) is 0 Å². The Bertz CT molecular complexity index is 1450. The van der Waals surface area contributed by atoms with Crippen LogP contribution in [0.1, 0.15) is 58.1 Å². The number of phenolic OH excluding ortho intramolecular Hbond substituents is 2. The molecule has 1 aromatic heterocycles. The van der Waals surface area contributed by atoms with E-state index in [4.69, 9.17) is 13.9 Å². The third-order valence-corrected chi connectivity index (χ3v) is 5.75. The van der Waals surface area contributed by atoms with Crippen molar-refractivity contribution in [3.05, 3.63) is 63.3 Å². The van der Waals surface area contributed by atoms with E-state index in [-0.39, 0.29) is 40.0 Å². The fraction of sp³-hybridized carbons (Fsp3) is 0.345. The molecular formula is C29H32O9. The van der Waals surface area contributed by atoms with E-state index in [0.29, 0.717) is 11.3 Å². The minimum absolute atomic E-state index is 0.0715. The first-order valence-corrected chi connectivity index (χ1v) is 12.0. The molecule has 202 valence electrons. The first-order valence-electron chi connectivity index (χ1n) is 12.0. The summed E-state index contributed by atoms with van der Waals surface area (Å²) in [5, 5.41) is 30.7. The summed E-state index contributed by atoms with van der Waals surface area (Å²) in [6.45, 7) is 8.61. The SMILES string of the molecule is COc1ccc(-c2oc3c(CC=C(C)C)c(O)cc(O)c3c(=O)c2C(CC(=O)O)C(=O)OC(C)(C)C)cc1. The Balaban J connectivity index is 2.47. The van der Waals surface area contributed by atoms with Gasteiger partial charge in [-0.25, -0.2) is 0 Å². The number of carbonyl (C=O) groups is 2. The Morgan fingerprint density at radius 2 is 1.71 bits per heavy atom. The van der Waals surface area contributed by atoms with Gasteiger partial charge >= 0.3 is 11.9 Å². The van der Waals surface area contributed by atoms with Crippen molar-refractivity contribution in [3.8, 4) is 28.6 Å². The summed E-state index contributed by atoms with van der Waals surface area (Å²) in [7, 11) is 1.49. The minimum atomic E-state index is -1.54. The number of hydrogen-bond donors (Lipinski definition) is 3. The first kappa shape index (κ1) is 28.3. The molecule has 3 N–H and O–H groups in total. The van der Waals surface area contributed by atoms with Crippen molar-refractivity contribution >= 4 is 22.9 Å². The monoisotopic (exact) mass is 524 g/mol. The van der Waals surface area contributed by atoms with Crippen molar-refractivity contribution in [2.75, 3.05) is 7.11 Å². The van der Waals surface area contributed by atoms with Crippen LogP contribution < -0.4 is 10.2 Å². The molecule has 1 heterocycles. The highest BCUT2D eigenvalue weighted by Gasteiger charge is 2.35. The number of carbonyl (C=O) groups excluding carboxylic acids is 1. The molecule has 3 rings (SSSR count). The molecule has 2 aromatic carbocycles. The number of phenols is 2. The predicted octanol–water partition coefficient (Wildman–Crippen LogP) is 5.29. The topological polar surface area (TPSA) is 144 Å². The molecule has 0 radical (unpaired) electrons. The van der Waals surface area contributed by atoms with Crippen molar-refractivity contribution in [1.29, 1.82) is 0 Å². The molecule has 0 aliphatic heterocycles. The van der Waals surface area contributed by atoms with E-state index in [9.17, 15) is 29.7 Å². The van der Waals surface area contributed by atoms with Gasteiger partial charge in [-0.1, -0.05) is 11.6 Å². The number of hydrogen-bond acceptors (Lipinski definition) is 8. The van der Waals surface area contributed by atoms with Gasteiger partial charge in [0.05, 0.1) is 25.0 Å². The Morgan fingerprint density at radius 3 is 2.24 bits per heavy atom. The summed E-state index contributed by atoms with van der Waals surface area (Å²) in [6, 6.07) is 7.46. The smallest absolute Gasteiger partial charge is 0.314 e. The van der Waals surface area contributed by atoms with Gasteiger partial charge in [0.25, 0.3) is 0 Å². The number of aliphatic carboxylic acids is 1. The molecule has 38 heavy (non-hydrogen) atoms. The van der Waals surface area contributed by atoms with E-state index >= 15 is 0 Å². The number of carboxylic acids is 1. The molecule has 0 spiro atoms. The van der Waals surface area contributed by atoms with E-state index in [1.807, 2.05) is 19.9 Å². The maximum atomic E-state index is 14.0. The molecule has 0 aliphatic rings. The van der Waals surface area contributed by atoms with Gasteiger partial charge in [-0.15, -0.1) is 0 Å². The molecule has 0 amide bonds. The maximum absolute atomic E-state index is 14.0. The number of rotatable bonds is 8. The van der Waals surface area contributed by atoms with Crippen LogP contribution in [0, 0.1) is 0 Å². The maximum Gasteiger partial charge on any atom is 0.314 e. The van der Waals surface area contributed by atoms with Gasteiger partial charge in [0, 0.05) is 17.2 Å². The summed E-state index contributed by atoms with van der Waals surface area (Å²) in [6.07, 6.45) is 1.26. The van der Waals surface area contributed by atoms with Gasteiger partial charge in [-0.2, -0.15) is 0 Å². The molecule has 0 saturated carbocycles. The lowest BCUT2D eigenvalue weighted by molar-refractivity contribution is -0.159. The summed E-state index contributed by atoms with van der Waals surface area (Å²) in [5.74, 6) is -4.20. The van der Waals surface area contributed by atoms with Crippen LogP contribution in [-0.4, -0.2) is 40.0 Å². The highest BCUT2D eigenvalue weighted by atomic mass is 16.6. The fourth-order valence-corrected chi connectivity index (χ4v) is 4.03. The second kappa shape index (κ2) is 11.0. The van der Waals surface area contributed by atoms with Crippen LogP contribution in [0.2, 0.25) is 0 Å². The fourth-order valence-electron chi connectivity index (χ4n) is 4.03. The Morgan fingerprint density at radius 1 is 1.08 bits per heavy atom. The van der Waals surface area contributed by atoms with Gasteiger partial charge in [0.2, 0.25) is 5.43 Å². The molecular weight excluding hydrogens is 492 g/mol. The number of esters is 1. The second-order valence-corrected chi connectivity index (χ2v) is 10.2. The molecule has 1 unspecified atom stereocenters. The average molecular weight is 525 g/mol. The van der Waals surface area contributed by atoms with E-state index in [1.165, 1.54) is 7.11 Å². The number of aromatic hydroxyl groups is 2. The van der Waals surface area contributed by atoms with Crippen molar-refractivity contribution < 1.29 is 38.8 Å². The lowest BCUT2D eigenvalue weighted by Crippen LogP contribution is -2.31. The number of ether oxygens (including phenoxy) is 2. The van der Waals surface area contributed by atoms with Crippen LogP contribution in [-0.2, 0) is 20.7 Å². The van der Waals surface area contributed by atoms with E-state index in [1.54, 1.807) is 45.0 Å². The molecule has 9 nitrogen and oxygen atoms in total. The standard InChI is InChI=1S/C29H32O9/c1-15(2)7-12-18-20(30)14-21(31)24-25(34)23(19(13-22(32)33)28(35)38-29(3,4)5)26(37-27(18)24)16-8-10-17(36-6)11-9-16/h7-11,14,19,30-31H,12-13H2,1-6H3,(H,32,33). The molecule has 0 saturated heterocycles. The largest absolute Gasteiger partial charge is 0.507 e. The van der Waals surface area contributed by atoms with E-state index in [2.05, 4.69) is 0 Å². The summed E-state index contributed by atoms with van der Waals surface area (Å²) in [4.78, 5) is 39.1. The summed E-state index contributed by atoms with van der Waals surface area (Å²) < 4.78 is 16.9. The van der Waals surface area contributed by atoms with E-state index in [0.717, 1.165) is 11.6 Å². The molecule has 0 fully saturated rings. The van der Waals surface area contributed by atoms with Crippen molar-refractivity contribution in [3.63, 3.8) is 0 Å². The lowest BCUT2D eigenvalue weighted by atomic mass is 9.90. The quantitative estimate of drug-likeness (QED) is 0.264. The Hall–Kier alpha value is -4.27. The normalized spacial score (nSPS) is 12.2. The van der Waals surface area contributed by atoms with Crippen LogP contribution in [0.25, 0.3) is 22.3 Å². The summed E-state index contributed by atoms with van der Waals surface area (Å²) >= 11 is 0. The predicted molar refractivity (Wildman–Crippen MR) is 142 cm³/mol. The van der Waals surface area contributed by atoms with Gasteiger partial charge in [-0.05, 0) is 65.3 Å². The second-order valence-electron chi connectivity index (χ2n) is 10.2. The Kier molecular flexibility index (Phi) is 8.19. The van der Waals surface area contributed by atoms with Crippen LogP contribution in [0.4, 0.5) is 0 Å². The van der Waals surface area contributed by atoms with Gasteiger partial charge in [0.15, 0.2) is 0 Å². The van der Waals surface area contributed by atoms with Crippen LogP contribution in [0.3, 0.4) is 0 Å². The van der Waals surface area contributed by atoms with Gasteiger partial charge in [-0.3, -0.25) is 14.4 Å². The minimum Gasteiger partial charge on any atom is -0.507 e. The zero-order valence-corrected chi connectivity index (χ0v) is 22.2.